The molecule has 9 heteroatoms. The molecule has 3 N–H and O–H groups in total. The fraction of sp³-hybridized carbons (Fsp3) is 0.667. The van der Waals surface area contributed by atoms with E-state index in [0.717, 1.165) is 63.3 Å². The van der Waals surface area contributed by atoms with Crippen LogP contribution in [-0.4, -0.2) is 61.9 Å². The van der Waals surface area contributed by atoms with Crippen LogP contribution in [0.5, 0.6) is 0 Å². The van der Waals surface area contributed by atoms with Crippen LogP contribution < -0.4 is 16.0 Å². The highest BCUT2D eigenvalue weighted by Gasteiger charge is 2.15. The lowest BCUT2D eigenvalue weighted by atomic mass is 10.2. The molecule has 1 saturated heterocycles. The second-order valence-corrected chi connectivity index (χ2v) is 7.27. The summed E-state index contributed by atoms with van der Waals surface area (Å²) in [6, 6.07) is 1.78. The number of amides is 2. The fourth-order valence-corrected chi connectivity index (χ4v) is 3.25. The maximum atomic E-state index is 12.0. The van der Waals surface area contributed by atoms with Gasteiger partial charge in [-0.25, -0.2) is 0 Å². The fourth-order valence-electron chi connectivity index (χ4n) is 3.25. The number of carbonyl (C=O) groups is 2. The van der Waals surface area contributed by atoms with E-state index in [1.54, 1.807) is 6.07 Å². The first-order chi connectivity index (χ1) is 14.1. The van der Waals surface area contributed by atoms with Gasteiger partial charge in [0.1, 0.15) is 0 Å². The van der Waals surface area contributed by atoms with Crippen LogP contribution in [0.1, 0.15) is 61.6 Å². The number of carbonyl (C=O) groups excluding carboxylic acids is 2. The Morgan fingerprint density at radius 3 is 2.70 bits per heavy atom. The minimum atomic E-state index is -0.184. The highest BCUT2D eigenvalue weighted by Crippen LogP contribution is 2.11. The van der Waals surface area contributed by atoms with Crippen LogP contribution in [0, 0.1) is 6.92 Å². The van der Waals surface area contributed by atoms with Gasteiger partial charge in [0.25, 0.3) is 5.91 Å². The normalized spacial score (nSPS) is 14.7. The Hall–Kier alpha value is -1.78. The lowest BCUT2D eigenvalue weighted by Gasteiger charge is -2.20. The van der Waals surface area contributed by atoms with E-state index in [-0.39, 0.29) is 35.8 Å². The third-order valence-corrected chi connectivity index (χ3v) is 4.87. The third kappa shape index (κ3) is 9.36. The molecule has 0 saturated carbocycles. The number of likely N-dealkylation sites (tertiary alicyclic amines) is 1. The number of furan rings is 1. The van der Waals surface area contributed by atoms with Gasteiger partial charge in [-0.05, 0) is 45.6 Å². The second kappa shape index (κ2) is 15.1. The summed E-state index contributed by atoms with van der Waals surface area (Å²) >= 11 is 0. The molecular weight excluding hydrogens is 497 g/mol. The van der Waals surface area contributed by atoms with Crippen LogP contribution in [0.15, 0.2) is 21.7 Å². The van der Waals surface area contributed by atoms with Crippen LogP contribution in [-0.2, 0) is 4.79 Å². The van der Waals surface area contributed by atoms with Gasteiger partial charge in [0, 0.05) is 51.3 Å². The molecule has 0 unspecified atom stereocenters. The summed E-state index contributed by atoms with van der Waals surface area (Å²) in [5.74, 6) is 1.23. The van der Waals surface area contributed by atoms with Gasteiger partial charge in [-0.1, -0.05) is 6.42 Å². The molecule has 0 aromatic carbocycles. The highest BCUT2D eigenvalue weighted by molar-refractivity contribution is 14.0. The van der Waals surface area contributed by atoms with E-state index in [9.17, 15) is 9.59 Å². The molecule has 0 aliphatic carbocycles. The molecule has 2 heterocycles. The van der Waals surface area contributed by atoms with E-state index >= 15 is 0 Å². The molecule has 0 spiro atoms. The number of halogens is 1. The molecule has 2 amide bonds. The first kappa shape index (κ1) is 26.3. The summed E-state index contributed by atoms with van der Waals surface area (Å²) < 4.78 is 5.18. The molecule has 30 heavy (non-hydrogen) atoms. The molecule has 1 aromatic rings. The molecule has 1 aromatic heterocycles. The predicted molar refractivity (Wildman–Crippen MR) is 129 cm³/mol. The van der Waals surface area contributed by atoms with Crippen molar-refractivity contribution in [2.24, 2.45) is 4.99 Å². The van der Waals surface area contributed by atoms with Crippen LogP contribution in [0.4, 0.5) is 0 Å². The number of nitrogens with zero attached hydrogens (tertiary/aromatic N) is 2. The lowest BCUT2D eigenvalue weighted by molar-refractivity contribution is -0.130. The van der Waals surface area contributed by atoms with Crippen molar-refractivity contribution in [3.63, 3.8) is 0 Å². The van der Waals surface area contributed by atoms with Gasteiger partial charge < -0.3 is 25.3 Å². The summed E-state index contributed by atoms with van der Waals surface area (Å²) in [4.78, 5) is 30.6. The van der Waals surface area contributed by atoms with Crippen molar-refractivity contribution in [3.05, 3.63) is 23.7 Å². The quantitative estimate of drug-likeness (QED) is 0.186. The number of hydrogen-bond donors (Lipinski definition) is 3. The third-order valence-electron chi connectivity index (χ3n) is 4.87. The summed E-state index contributed by atoms with van der Waals surface area (Å²) in [5, 5.41) is 9.37. The standard InChI is InChI=1S/C21H35N5O3.HI/c1-3-22-21(25-13-8-15-26-14-6-4-5-9-18(26)27)24-12-7-11-23-20(28)19-17(2)10-16-29-19;/h10,16H,3-9,11-15H2,1-2H3,(H,23,28)(H2,22,24,25);1H. The molecule has 1 aliphatic heterocycles. The average Bonchev–Trinajstić information content (AvgIpc) is 3.03. The zero-order chi connectivity index (χ0) is 20.9. The van der Waals surface area contributed by atoms with Crippen molar-refractivity contribution in [3.8, 4) is 0 Å². The van der Waals surface area contributed by atoms with Gasteiger partial charge >= 0.3 is 0 Å². The van der Waals surface area contributed by atoms with E-state index in [0.29, 0.717) is 31.8 Å². The van der Waals surface area contributed by atoms with E-state index in [1.807, 2.05) is 18.7 Å². The Kier molecular flexibility index (Phi) is 13.2. The van der Waals surface area contributed by atoms with E-state index in [1.165, 1.54) is 6.26 Å². The number of rotatable bonds is 10. The Morgan fingerprint density at radius 1 is 1.17 bits per heavy atom. The molecule has 1 fully saturated rings. The molecular formula is C21H36IN5O3. The van der Waals surface area contributed by atoms with Crippen molar-refractivity contribution >= 4 is 41.8 Å². The molecule has 0 atom stereocenters. The zero-order valence-corrected chi connectivity index (χ0v) is 20.5. The molecule has 0 bridgehead atoms. The number of aliphatic imine (C=N–C) groups is 1. The Morgan fingerprint density at radius 2 is 1.97 bits per heavy atom. The van der Waals surface area contributed by atoms with Crippen molar-refractivity contribution in [1.82, 2.24) is 20.9 Å². The Bertz CT molecular complexity index is 677. The number of hydrogen-bond acceptors (Lipinski definition) is 4. The minimum absolute atomic E-state index is 0. The van der Waals surface area contributed by atoms with Gasteiger partial charge in [0.15, 0.2) is 11.7 Å². The summed E-state index contributed by atoms with van der Waals surface area (Å²) in [7, 11) is 0. The Labute approximate surface area is 196 Å². The number of aryl methyl sites for hydroxylation is 1. The molecule has 0 radical (unpaired) electrons. The smallest absolute Gasteiger partial charge is 0.287 e. The van der Waals surface area contributed by atoms with Gasteiger partial charge in [-0.3, -0.25) is 14.6 Å². The number of nitrogens with one attached hydrogen (secondary N) is 3. The Balaban J connectivity index is 0.00000450. The van der Waals surface area contributed by atoms with Crippen molar-refractivity contribution in [2.45, 2.75) is 52.4 Å². The van der Waals surface area contributed by atoms with E-state index in [4.69, 9.17) is 4.42 Å². The lowest BCUT2D eigenvalue weighted by Crippen LogP contribution is -2.39. The maximum absolute atomic E-state index is 12.0. The monoisotopic (exact) mass is 533 g/mol. The molecule has 2 rings (SSSR count). The molecule has 1 aliphatic rings. The number of guanidine groups is 1. The van der Waals surface area contributed by atoms with E-state index in [2.05, 4.69) is 20.9 Å². The average molecular weight is 533 g/mol. The maximum Gasteiger partial charge on any atom is 0.287 e. The van der Waals surface area contributed by atoms with Crippen molar-refractivity contribution < 1.29 is 14.0 Å². The molecule has 170 valence electrons. The first-order valence-corrected chi connectivity index (χ1v) is 10.7. The largest absolute Gasteiger partial charge is 0.459 e. The van der Waals surface area contributed by atoms with Gasteiger partial charge in [-0.15, -0.1) is 24.0 Å². The summed E-state index contributed by atoms with van der Waals surface area (Å²) in [5.41, 5.74) is 0.837. The van der Waals surface area contributed by atoms with Gasteiger partial charge in [-0.2, -0.15) is 0 Å². The summed E-state index contributed by atoms with van der Waals surface area (Å²) in [6.45, 7) is 8.25. The SMILES string of the molecule is CCNC(=NCCCN1CCCCCC1=O)NCCCNC(=O)c1occc1C.I. The summed E-state index contributed by atoms with van der Waals surface area (Å²) in [6.07, 6.45) is 7.12. The zero-order valence-electron chi connectivity index (χ0n) is 18.2. The topological polar surface area (TPSA) is 99.0 Å². The second-order valence-electron chi connectivity index (χ2n) is 7.27. The van der Waals surface area contributed by atoms with Crippen LogP contribution in [0.2, 0.25) is 0 Å². The van der Waals surface area contributed by atoms with Gasteiger partial charge in [0.05, 0.1) is 6.26 Å². The van der Waals surface area contributed by atoms with Crippen LogP contribution in [0.25, 0.3) is 0 Å². The minimum Gasteiger partial charge on any atom is -0.459 e. The van der Waals surface area contributed by atoms with Crippen LogP contribution in [0.3, 0.4) is 0 Å². The van der Waals surface area contributed by atoms with E-state index < -0.39 is 0 Å². The molecule has 8 nitrogen and oxygen atoms in total. The van der Waals surface area contributed by atoms with Crippen molar-refractivity contribution in [2.75, 3.05) is 39.3 Å². The van der Waals surface area contributed by atoms with Crippen molar-refractivity contribution in [1.29, 1.82) is 0 Å². The first-order valence-electron chi connectivity index (χ1n) is 10.7. The van der Waals surface area contributed by atoms with Gasteiger partial charge in [0.2, 0.25) is 5.91 Å². The highest BCUT2D eigenvalue weighted by atomic mass is 127. The predicted octanol–water partition coefficient (Wildman–Crippen LogP) is 2.67. The van der Waals surface area contributed by atoms with Crippen LogP contribution >= 0.6 is 24.0 Å².